The molecule has 1 aromatic heterocycles. The summed E-state index contributed by atoms with van der Waals surface area (Å²) in [5.41, 5.74) is 0.968. The van der Waals surface area contributed by atoms with E-state index in [0.29, 0.717) is 11.8 Å². The van der Waals surface area contributed by atoms with Crippen molar-refractivity contribution in [3.8, 4) is 0 Å². The first-order valence-corrected chi connectivity index (χ1v) is 9.35. The average molecular weight is 351 g/mol. The molecule has 0 bridgehead atoms. The highest BCUT2D eigenvalue weighted by Crippen LogP contribution is 2.22. The zero-order valence-corrected chi connectivity index (χ0v) is 14.5. The van der Waals surface area contributed by atoms with Gasteiger partial charge in [-0.25, -0.2) is 13.6 Å². The molecule has 0 unspecified atom stereocenters. The maximum absolute atomic E-state index is 11.3. The quantitative estimate of drug-likeness (QED) is 0.881. The molecule has 1 saturated heterocycles. The Morgan fingerprint density at radius 1 is 1.08 bits per heavy atom. The van der Waals surface area contributed by atoms with Gasteiger partial charge in [-0.2, -0.15) is 4.98 Å². The summed E-state index contributed by atoms with van der Waals surface area (Å²) in [5.74, 6) is 0.951. The lowest BCUT2D eigenvalue weighted by Gasteiger charge is -2.35. The molecule has 0 atom stereocenters. The topological polar surface area (TPSA) is 106 Å². The SMILES string of the molecule is CC(C)c1noc(N2CCN(c3ccc(S(N)(=O)=O)cc3)CC2)n1. The van der Waals surface area contributed by atoms with E-state index in [2.05, 4.69) is 19.9 Å². The molecule has 1 aromatic carbocycles. The first kappa shape index (κ1) is 16.7. The zero-order chi connectivity index (χ0) is 17.3. The van der Waals surface area contributed by atoms with Gasteiger partial charge in [0.25, 0.3) is 0 Å². The summed E-state index contributed by atoms with van der Waals surface area (Å²) < 4.78 is 27.9. The third-order valence-corrected chi connectivity index (χ3v) is 4.96. The number of hydrogen-bond acceptors (Lipinski definition) is 7. The monoisotopic (exact) mass is 351 g/mol. The first-order chi connectivity index (χ1) is 11.3. The van der Waals surface area contributed by atoms with E-state index in [9.17, 15) is 8.42 Å². The molecule has 9 heteroatoms. The third kappa shape index (κ3) is 3.51. The molecule has 0 amide bonds. The molecular formula is C15H21N5O3S. The highest BCUT2D eigenvalue weighted by atomic mass is 32.2. The van der Waals surface area contributed by atoms with Gasteiger partial charge in [-0.15, -0.1) is 0 Å². The fraction of sp³-hybridized carbons (Fsp3) is 0.467. The number of anilines is 2. The lowest BCUT2D eigenvalue weighted by molar-refractivity contribution is 0.400. The van der Waals surface area contributed by atoms with E-state index in [0.717, 1.165) is 31.9 Å². The van der Waals surface area contributed by atoms with Crippen molar-refractivity contribution in [2.24, 2.45) is 5.14 Å². The molecule has 1 aliphatic heterocycles. The molecule has 3 rings (SSSR count). The molecule has 0 spiro atoms. The largest absolute Gasteiger partial charge is 0.368 e. The Balaban J connectivity index is 1.64. The minimum Gasteiger partial charge on any atom is -0.368 e. The van der Waals surface area contributed by atoms with E-state index in [-0.39, 0.29) is 10.8 Å². The predicted octanol–water partition coefficient (Wildman–Crippen LogP) is 1.17. The number of sulfonamides is 1. The lowest BCUT2D eigenvalue weighted by atomic mass is 10.2. The van der Waals surface area contributed by atoms with Gasteiger partial charge in [0.2, 0.25) is 10.0 Å². The van der Waals surface area contributed by atoms with Crippen LogP contribution in [-0.4, -0.2) is 44.7 Å². The highest BCUT2D eigenvalue weighted by molar-refractivity contribution is 7.89. The Morgan fingerprint density at radius 2 is 1.67 bits per heavy atom. The molecule has 1 fully saturated rings. The van der Waals surface area contributed by atoms with Crippen LogP contribution in [0.2, 0.25) is 0 Å². The second kappa shape index (κ2) is 6.40. The van der Waals surface area contributed by atoms with Crippen LogP contribution in [0.5, 0.6) is 0 Å². The second-order valence-electron chi connectivity index (χ2n) is 6.10. The summed E-state index contributed by atoms with van der Waals surface area (Å²) in [5, 5.41) is 9.11. The van der Waals surface area contributed by atoms with Gasteiger partial charge < -0.3 is 14.3 Å². The summed E-state index contributed by atoms with van der Waals surface area (Å²) in [7, 11) is -3.65. The molecule has 0 radical (unpaired) electrons. The third-order valence-electron chi connectivity index (χ3n) is 4.03. The van der Waals surface area contributed by atoms with Crippen LogP contribution in [0.3, 0.4) is 0 Å². The number of aromatic nitrogens is 2. The van der Waals surface area contributed by atoms with E-state index in [1.54, 1.807) is 12.1 Å². The van der Waals surface area contributed by atoms with Crippen LogP contribution in [0, 0.1) is 0 Å². The Bertz CT molecular complexity index is 793. The molecule has 2 N–H and O–H groups in total. The number of primary sulfonamides is 1. The van der Waals surface area contributed by atoms with Gasteiger partial charge in [-0.1, -0.05) is 19.0 Å². The summed E-state index contributed by atoms with van der Waals surface area (Å²) in [6, 6.07) is 7.18. The van der Waals surface area contributed by atoms with E-state index in [1.807, 2.05) is 13.8 Å². The normalized spacial score (nSPS) is 16.0. The first-order valence-electron chi connectivity index (χ1n) is 7.81. The van der Waals surface area contributed by atoms with E-state index in [1.165, 1.54) is 12.1 Å². The molecule has 2 aromatic rings. The Morgan fingerprint density at radius 3 is 2.17 bits per heavy atom. The van der Waals surface area contributed by atoms with Gasteiger partial charge in [-0.3, -0.25) is 0 Å². The number of hydrogen-bond donors (Lipinski definition) is 1. The minimum absolute atomic E-state index is 0.122. The number of piperazine rings is 1. The zero-order valence-electron chi connectivity index (χ0n) is 13.7. The van der Waals surface area contributed by atoms with Gasteiger partial charge >= 0.3 is 6.01 Å². The second-order valence-corrected chi connectivity index (χ2v) is 7.66. The summed E-state index contributed by atoms with van der Waals surface area (Å²) >= 11 is 0. The van der Waals surface area contributed by atoms with Crippen LogP contribution < -0.4 is 14.9 Å². The molecule has 1 aliphatic rings. The van der Waals surface area contributed by atoms with E-state index < -0.39 is 10.0 Å². The van der Waals surface area contributed by atoms with Crippen LogP contribution in [0.4, 0.5) is 11.7 Å². The number of benzene rings is 1. The fourth-order valence-corrected chi connectivity index (χ4v) is 3.11. The van der Waals surface area contributed by atoms with Crippen LogP contribution in [0.15, 0.2) is 33.7 Å². The van der Waals surface area contributed by atoms with Crippen LogP contribution >= 0.6 is 0 Å². The maximum atomic E-state index is 11.3. The van der Waals surface area contributed by atoms with Crippen LogP contribution in [0.1, 0.15) is 25.6 Å². The summed E-state index contributed by atoms with van der Waals surface area (Å²) in [6.07, 6.45) is 0. The predicted molar refractivity (Wildman–Crippen MR) is 90.6 cm³/mol. The van der Waals surface area contributed by atoms with E-state index in [4.69, 9.17) is 9.66 Å². The number of rotatable bonds is 4. The Kier molecular flexibility index (Phi) is 4.46. The van der Waals surface area contributed by atoms with Crippen molar-refractivity contribution < 1.29 is 12.9 Å². The van der Waals surface area contributed by atoms with Crippen molar-refractivity contribution in [3.05, 3.63) is 30.1 Å². The van der Waals surface area contributed by atoms with Crippen LogP contribution in [0.25, 0.3) is 0 Å². The molecular weight excluding hydrogens is 330 g/mol. The summed E-state index contributed by atoms with van der Waals surface area (Å²) in [4.78, 5) is 8.79. The Hall–Kier alpha value is -2.13. The minimum atomic E-state index is -3.65. The summed E-state index contributed by atoms with van der Waals surface area (Å²) in [6.45, 7) is 7.14. The standard InChI is InChI=1S/C15H21N5O3S/c1-11(2)14-17-15(23-18-14)20-9-7-19(8-10-20)12-3-5-13(6-4-12)24(16,21)22/h3-6,11H,7-10H2,1-2H3,(H2,16,21,22). The van der Waals surface area contributed by atoms with Crippen molar-refractivity contribution in [1.82, 2.24) is 10.1 Å². The van der Waals surface area contributed by atoms with Gasteiger partial charge in [0.05, 0.1) is 4.90 Å². The molecule has 0 aliphatic carbocycles. The number of nitrogens with zero attached hydrogens (tertiary/aromatic N) is 4. The maximum Gasteiger partial charge on any atom is 0.324 e. The van der Waals surface area contributed by atoms with Crippen LogP contribution in [-0.2, 0) is 10.0 Å². The average Bonchev–Trinajstić information content (AvgIpc) is 3.05. The number of nitrogens with two attached hydrogens (primary N) is 1. The lowest BCUT2D eigenvalue weighted by Crippen LogP contribution is -2.46. The van der Waals surface area contributed by atoms with Gasteiger partial charge in [-0.05, 0) is 24.3 Å². The highest BCUT2D eigenvalue weighted by Gasteiger charge is 2.22. The van der Waals surface area contributed by atoms with Gasteiger partial charge in [0.1, 0.15) is 0 Å². The van der Waals surface area contributed by atoms with Gasteiger partial charge in [0.15, 0.2) is 5.82 Å². The Labute approximate surface area is 141 Å². The van der Waals surface area contributed by atoms with Crippen molar-refractivity contribution >= 4 is 21.7 Å². The van der Waals surface area contributed by atoms with Crippen molar-refractivity contribution in [2.45, 2.75) is 24.7 Å². The van der Waals surface area contributed by atoms with Crippen molar-refractivity contribution in [2.75, 3.05) is 36.0 Å². The molecule has 24 heavy (non-hydrogen) atoms. The van der Waals surface area contributed by atoms with Gasteiger partial charge in [0, 0.05) is 37.8 Å². The molecule has 130 valence electrons. The van der Waals surface area contributed by atoms with Crippen molar-refractivity contribution in [3.63, 3.8) is 0 Å². The smallest absolute Gasteiger partial charge is 0.324 e. The van der Waals surface area contributed by atoms with Crippen molar-refractivity contribution in [1.29, 1.82) is 0 Å². The van der Waals surface area contributed by atoms with E-state index >= 15 is 0 Å². The molecule has 8 nitrogen and oxygen atoms in total. The molecule has 2 heterocycles. The fourth-order valence-electron chi connectivity index (χ4n) is 2.59. The molecule has 0 saturated carbocycles.